The summed E-state index contributed by atoms with van der Waals surface area (Å²) in [7, 11) is 0. The molecule has 0 atom stereocenters. The number of aromatic nitrogens is 1. The third-order valence-corrected chi connectivity index (χ3v) is 5.27. The van der Waals surface area contributed by atoms with Gasteiger partial charge in [-0.25, -0.2) is 4.98 Å². The Hall–Kier alpha value is -2.85. The van der Waals surface area contributed by atoms with Crippen LogP contribution in [-0.4, -0.2) is 22.3 Å². The quantitative estimate of drug-likeness (QED) is 0.699. The van der Waals surface area contributed by atoms with Crippen molar-refractivity contribution in [2.75, 3.05) is 11.9 Å². The molecule has 3 aromatic rings. The SMILES string of the molecule is Cc1ccc(Nc2ccc(C(=O)N3CCc4ccccc4C3)nc2)cc1Cl. The van der Waals surface area contributed by atoms with Crippen molar-refractivity contribution >= 4 is 28.9 Å². The van der Waals surface area contributed by atoms with Gasteiger partial charge >= 0.3 is 0 Å². The third-order valence-electron chi connectivity index (χ3n) is 4.86. The number of benzene rings is 2. The molecule has 1 N–H and O–H groups in total. The first-order valence-corrected chi connectivity index (χ1v) is 9.33. The lowest BCUT2D eigenvalue weighted by atomic mass is 10.00. The lowest BCUT2D eigenvalue weighted by Crippen LogP contribution is -2.36. The average molecular weight is 378 g/mol. The topological polar surface area (TPSA) is 45.2 Å². The van der Waals surface area contributed by atoms with Crippen LogP contribution in [0.5, 0.6) is 0 Å². The Morgan fingerprint density at radius 2 is 1.85 bits per heavy atom. The smallest absolute Gasteiger partial charge is 0.272 e. The zero-order valence-electron chi connectivity index (χ0n) is 15.1. The van der Waals surface area contributed by atoms with Gasteiger partial charge in [0.2, 0.25) is 0 Å². The van der Waals surface area contributed by atoms with Gasteiger partial charge in [0.15, 0.2) is 0 Å². The minimum atomic E-state index is -0.0329. The highest BCUT2D eigenvalue weighted by atomic mass is 35.5. The van der Waals surface area contributed by atoms with Gasteiger partial charge in [-0.1, -0.05) is 41.9 Å². The van der Waals surface area contributed by atoms with Gasteiger partial charge in [0.25, 0.3) is 5.91 Å². The maximum Gasteiger partial charge on any atom is 0.272 e. The molecule has 0 spiro atoms. The molecular weight excluding hydrogens is 358 g/mol. The van der Waals surface area contributed by atoms with Gasteiger partial charge < -0.3 is 10.2 Å². The van der Waals surface area contributed by atoms with Gasteiger partial charge in [0, 0.05) is 23.8 Å². The van der Waals surface area contributed by atoms with Crippen LogP contribution in [0, 0.1) is 6.92 Å². The molecule has 2 aromatic carbocycles. The number of rotatable bonds is 3. The number of fused-ring (bicyclic) bond motifs is 1. The highest BCUT2D eigenvalue weighted by Crippen LogP contribution is 2.24. The number of nitrogens with zero attached hydrogens (tertiary/aromatic N) is 2. The van der Waals surface area contributed by atoms with Crippen molar-refractivity contribution in [3.05, 3.63) is 88.2 Å². The first-order chi connectivity index (χ1) is 13.1. The number of halogens is 1. The van der Waals surface area contributed by atoms with Crippen LogP contribution in [-0.2, 0) is 13.0 Å². The number of carbonyl (C=O) groups is 1. The number of hydrogen-bond donors (Lipinski definition) is 1. The van der Waals surface area contributed by atoms with E-state index >= 15 is 0 Å². The van der Waals surface area contributed by atoms with Crippen molar-refractivity contribution in [3.8, 4) is 0 Å². The zero-order valence-corrected chi connectivity index (χ0v) is 15.8. The van der Waals surface area contributed by atoms with Gasteiger partial charge in [0.1, 0.15) is 5.69 Å². The van der Waals surface area contributed by atoms with Crippen LogP contribution in [0.25, 0.3) is 0 Å². The van der Waals surface area contributed by atoms with Crippen LogP contribution < -0.4 is 5.32 Å². The first-order valence-electron chi connectivity index (χ1n) is 8.95. The Bertz CT molecular complexity index is 985. The van der Waals surface area contributed by atoms with E-state index in [1.54, 1.807) is 12.3 Å². The molecule has 136 valence electrons. The van der Waals surface area contributed by atoms with Gasteiger partial charge in [-0.05, 0) is 54.3 Å². The number of hydrogen-bond acceptors (Lipinski definition) is 3. The van der Waals surface area contributed by atoms with Crippen LogP contribution in [0.15, 0.2) is 60.8 Å². The average Bonchev–Trinajstić information content (AvgIpc) is 2.70. The molecule has 0 radical (unpaired) electrons. The predicted molar refractivity (Wildman–Crippen MR) is 109 cm³/mol. The molecular formula is C22H20ClN3O. The van der Waals surface area contributed by atoms with Crippen LogP contribution in [0.4, 0.5) is 11.4 Å². The minimum absolute atomic E-state index is 0.0329. The van der Waals surface area contributed by atoms with E-state index in [4.69, 9.17) is 11.6 Å². The Kier molecular flexibility index (Phi) is 4.82. The molecule has 5 heteroatoms. The Morgan fingerprint density at radius 1 is 1.07 bits per heavy atom. The van der Waals surface area contributed by atoms with Gasteiger partial charge in [0.05, 0.1) is 11.9 Å². The molecule has 0 aliphatic carbocycles. The summed E-state index contributed by atoms with van der Waals surface area (Å²) in [5.74, 6) is -0.0329. The van der Waals surface area contributed by atoms with Crippen molar-refractivity contribution in [2.24, 2.45) is 0 Å². The monoisotopic (exact) mass is 377 g/mol. The molecule has 1 aliphatic rings. The van der Waals surface area contributed by atoms with E-state index in [0.29, 0.717) is 17.3 Å². The largest absolute Gasteiger partial charge is 0.354 e. The maximum absolute atomic E-state index is 12.8. The lowest BCUT2D eigenvalue weighted by Gasteiger charge is -2.28. The van der Waals surface area contributed by atoms with E-state index in [-0.39, 0.29) is 5.91 Å². The second-order valence-electron chi connectivity index (χ2n) is 6.77. The van der Waals surface area contributed by atoms with Crippen molar-refractivity contribution < 1.29 is 4.79 Å². The second kappa shape index (κ2) is 7.41. The highest BCUT2D eigenvalue weighted by Gasteiger charge is 2.22. The summed E-state index contributed by atoms with van der Waals surface area (Å²) in [6.07, 6.45) is 2.56. The van der Waals surface area contributed by atoms with Crippen molar-refractivity contribution in [1.82, 2.24) is 9.88 Å². The number of carbonyl (C=O) groups excluding carboxylic acids is 1. The number of aryl methyl sites for hydroxylation is 1. The van der Waals surface area contributed by atoms with E-state index < -0.39 is 0 Å². The fourth-order valence-electron chi connectivity index (χ4n) is 3.26. The molecule has 0 bridgehead atoms. The molecule has 0 saturated heterocycles. The molecule has 27 heavy (non-hydrogen) atoms. The number of pyridine rings is 1. The third kappa shape index (κ3) is 3.81. The summed E-state index contributed by atoms with van der Waals surface area (Å²) in [6.45, 7) is 3.32. The Balaban J connectivity index is 1.46. The molecule has 0 fully saturated rings. The van der Waals surface area contributed by atoms with E-state index in [1.807, 2.05) is 48.2 Å². The van der Waals surface area contributed by atoms with Crippen molar-refractivity contribution in [3.63, 3.8) is 0 Å². The molecule has 1 aromatic heterocycles. The van der Waals surface area contributed by atoms with Crippen LogP contribution >= 0.6 is 11.6 Å². The Morgan fingerprint density at radius 3 is 2.59 bits per heavy atom. The minimum Gasteiger partial charge on any atom is -0.354 e. The summed E-state index contributed by atoms with van der Waals surface area (Å²) in [5.41, 5.74) is 5.73. The van der Waals surface area contributed by atoms with Crippen LogP contribution in [0.1, 0.15) is 27.2 Å². The summed E-state index contributed by atoms with van der Waals surface area (Å²) in [4.78, 5) is 19.0. The van der Waals surface area contributed by atoms with Crippen molar-refractivity contribution in [2.45, 2.75) is 19.9 Å². The van der Waals surface area contributed by atoms with Gasteiger partial charge in [-0.15, -0.1) is 0 Å². The first kappa shape index (κ1) is 17.6. The lowest BCUT2D eigenvalue weighted by molar-refractivity contribution is 0.0729. The molecule has 1 amide bonds. The molecule has 0 unspecified atom stereocenters. The molecule has 4 rings (SSSR count). The normalized spacial score (nSPS) is 13.2. The number of nitrogens with one attached hydrogen (secondary N) is 1. The fourth-order valence-corrected chi connectivity index (χ4v) is 3.44. The van der Waals surface area contributed by atoms with Gasteiger partial charge in [-0.3, -0.25) is 4.79 Å². The van der Waals surface area contributed by atoms with E-state index in [1.165, 1.54) is 11.1 Å². The highest BCUT2D eigenvalue weighted by molar-refractivity contribution is 6.31. The van der Waals surface area contributed by atoms with Crippen molar-refractivity contribution in [1.29, 1.82) is 0 Å². The standard InChI is InChI=1S/C22H20ClN3O/c1-15-6-7-18(12-20(15)23)25-19-8-9-21(24-13-19)22(27)26-11-10-16-4-2-3-5-17(16)14-26/h2-9,12-13,25H,10-11,14H2,1H3. The maximum atomic E-state index is 12.8. The summed E-state index contributed by atoms with van der Waals surface area (Å²) in [6, 6.07) is 17.7. The fraction of sp³-hybridized carbons (Fsp3) is 0.182. The summed E-state index contributed by atoms with van der Waals surface area (Å²) in [5, 5.41) is 3.97. The van der Waals surface area contributed by atoms with Crippen LogP contribution in [0.2, 0.25) is 5.02 Å². The van der Waals surface area contributed by atoms with Gasteiger partial charge in [-0.2, -0.15) is 0 Å². The predicted octanol–water partition coefficient (Wildman–Crippen LogP) is 4.99. The van der Waals surface area contributed by atoms with E-state index in [0.717, 1.165) is 29.9 Å². The molecule has 4 nitrogen and oxygen atoms in total. The van der Waals surface area contributed by atoms with E-state index in [2.05, 4.69) is 22.4 Å². The number of amides is 1. The Labute approximate surface area is 163 Å². The zero-order chi connectivity index (χ0) is 18.8. The number of anilines is 2. The van der Waals surface area contributed by atoms with E-state index in [9.17, 15) is 4.79 Å². The second-order valence-corrected chi connectivity index (χ2v) is 7.17. The molecule has 1 aliphatic heterocycles. The molecule has 0 saturated carbocycles. The summed E-state index contributed by atoms with van der Waals surface area (Å²) < 4.78 is 0. The van der Waals surface area contributed by atoms with Crippen LogP contribution in [0.3, 0.4) is 0 Å². The molecule has 2 heterocycles. The summed E-state index contributed by atoms with van der Waals surface area (Å²) >= 11 is 6.16.